The molecule has 160 valence electrons. The molecule has 0 unspecified atom stereocenters. The fourth-order valence-electron chi connectivity index (χ4n) is 4.08. The summed E-state index contributed by atoms with van der Waals surface area (Å²) in [5.74, 6) is 0. The molecule has 8 heteroatoms. The predicted octanol–water partition coefficient (Wildman–Crippen LogP) is 0.577. The minimum atomic E-state index is -3.12. The van der Waals surface area contributed by atoms with Gasteiger partial charge in [-0.1, -0.05) is 121 Å². The van der Waals surface area contributed by atoms with E-state index in [1.54, 1.807) is 0 Å². The molecule has 4 aromatic rings. The summed E-state index contributed by atoms with van der Waals surface area (Å²) in [5, 5.41) is 4.27. The first kappa shape index (κ1) is 21.4. The fourth-order valence-corrected chi connectivity index (χ4v) is 18.7. The van der Waals surface area contributed by atoms with Gasteiger partial charge in [0.25, 0.3) is 20.0 Å². The summed E-state index contributed by atoms with van der Waals surface area (Å²) in [7, 11) is -8.75. The van der Waals surface area contributed by atoms with E-state index >= 15 is 0 Å². The van der Waals surface area contributed by atoms with Gasteiger partial charge in [0.05, 0.1) is 0 Å². The number of hydrogen-bond acceptors (Lipinski definition) is 4. The van der Waals surface area contributed by atoms with E-state index in [4.69, 9.17) is 16.5 Å². The normalized spacial score (nSPS) is 19.2. The van der Waals surface area contributed by atoms with Crippen LogP contribution in [0.4, 0.5) is 0 Å². The van der Waals surface area contributed by atoms with E-state index in [-0.39, 0.29) is 0 Å². The standard InChI is InChI=1S/C24H24O4Si4/c1-5-13-21(14-6-1)31(22-15-7-2-8-16-22)26-29-25-30-27-32(28-31,23-17-9-3-10-18-23)24-19-11-4-12-20-24/h1-20H,29-30H2. The van der Waals surface area contributed by atoms with Crippen LogP contribution in [0.3, 0.4) is 0 Å². The molecule has 32 heavy (non-hydrogen) atoms. The molecular formula is C24H24O4Si4. The van der Waals surface area contributed by atoms with E-state index in [0.29, 0.717) is 0 Å². The highest BCUT2D eigenvalue weighted by atomic mass is 28.5. The third-order valence-corrected chi connectivity index (χ3v) is 17.8. The lowest BCUT2D eigenvalue weighted by Gasteiger charge is -2.43. The zero-order chi connectivity index (χ0) is 21.7. The Balaban J connectivity index is 1.78. The Kier molecular flexibility index (Phi) is 6.44. The van der Waals surface area contributed by atoms with Gasteiger partial charge in [0.15, 0.2) is 0 Å². The first-order valence-corrected chi connectivity index (χ1v) is 16.6. The van der Waals surface area contributed by atoms with E-state index in [1.807, 2.05) is 72.8 Å². The highest BCUT2D eigenvalue weighted by molar-refractivity contribution is 7.06. The predicted molar refractivity (Wildman–Crippen MR) is 137 cm³/mol. The van der Waals surface area contributed by atoms with Crippen LogP contribution in [0, 0.1) is 0 Å². The monoisotopic (exact) mass is 488 g/mol. The van der Waals surface area contributed by atoms with Crippen molar-refractivity contribution in [3.05, 3.63) is 121 Å². The van der Waals surface area contributed by atoms with Crippen molar-refractivity contribution in [1.29, 1.82) is 0 Å². The molecule has 0 spiro atoms. The summed E-state index contributed by atoms with van der Waals surface area (Å²) in [5.41, 5.74) is 0. The average Bonchev–Trinajstić information content (AvgIpc) is 2.87. The Labute approximate surface area is 195 Å². The average molecular weight is 489 g/mol. The van der Waals surface area contributed by atoms with Crippen LogP contribution in [0.5, 0.6) is 0 Å². The van der Waals surface area contributed by atoms with Gasteiger partial charge in [0, 0.05) is 0 Å². The topological polar surface area (TPSA) is 36.9 Å². The smallest absolute Gasteiger partial charge is 0.389 e. The van der Waals surface area contributed by atoms with Crippen molar-refractivity contribution >= 4 is 57.9 Å². The molecule has 5 rings (SSSR count). The van der Waals surface area contributed by atoms with Crippen LogP contribution in [-0.2, 0) is 16.5 Å². The molecule has 0 radical (unpaired) electrons. The van der Waals surface area contributed by atoms with Crippen molar-refractivity contribution < 1.29 is 16.5 Å². The van der Waals surface area contributed by atoms with Gasteiger partial charge in [0.1, 0.15) is 0 Å². The van der Waals surface area contributed by atoms with E-state index in [1.165, 1.54) is 0 Å². The van der Waals surface area contributed by atoms with Gasteiger partial charge in [-0.05, 0) is 20.7 Å². The lowest BCUT2D eigenvalue weighted by molar-refractivity contribution is 0.304. The molecule has 0 N–H and O–H groups in total. The van der Waals surface area contributed by atoms with Crippen molar-refractivity contribution in [2.24, 2.45) is 0 Å². The second-order valence-corrected chi connectivity index (χ2v) is 17.5. The van der Waals surface area contributed by atoms with Gasteiger partial charge in [0.2, 0.25) is 0 Å². The molecular weight excluding hydrogens is 465 g/mol. The van der Waals surface area contributed by atoms with Crippen molar-refractivity contribution in [2.45, 2.75) is 0 Å². The molecule has 1 aliphatic rings. The van der Waals surface area contributed by atoms with Gasteiger partial charge in [-0.25, -0.2) is 0 Å². The van der Waals surface area contributed by atoms with Gasteiger partial charge in [-0.2, -0.15) is 0 Å². The van der Waals surface area contributed by atoms with Crippen LogP contribution in [0.2, 0.25) is 0 Å². The van der Waals surface area contributed by atoms with Crippen molar-refractivity contribution in [3.8, 4) is 0 Å². The van der Waals surface area contributed by atoms with Crippen LogP contribution < -0.4 is 20.7 Å². The Hall–Kier alpha value is -2.41. The minimum absolute atomic E-state index is 1.07. The fraction of sp³-hybridized carbons (Fsp3) is 0. The lowest BCUT2D eigenvalue weighted by Crippen LogP contribution is -2.76. The lowest BCUT2D eigenvalue weighted by atomic mass is 10.4. The largest absolute Gasteiger partial charge is 0.425 e. The van der Waals surface area contributed by atoms with E-state index in [2.05, 4.69) is 48.5 Å². The molecule has 0 atom stereocenters. The summed E-state index contributed by atoms with van der Waals surface area (Å²) >= 11 is 0. The number of benzene rings is 4. The van der Waals surface area contributed by atoms with Crippen LogP contribution in [0.15, 0.2) is 121 Å². The Morgan fingerprint density at radius 2 is 0.688 bits per heavy atom. The molecule has 0 saturated carbocycles. The Morgan fingerprint density at radius 3 is 0.969 bits per heavy atom. The summed E-state index contributed by atoms with van der Waals surface area (Å²) in [6, 6.07) is 41.4. The van der Waals surface area contributed by atoms with E-state index < -0.39 is 37.1 Å². The number of rotatable bonds is 4. The zero-order valence-electron chi connectivity index (χ0n) is 17.6. The van der Waals surface area contributed by atoms with Crippen LogP contribution in [-0.4, -0.2) is 37.1 Å². The molecule has 0 amide bonds. The maximum Gasteiger partial charge on any atom is 0.389 e. The van der Waals surface area contributed by atoms with Gasteiger partial charge >= 0.3 is 17.1 Å². The van der Waals surface area contributed by atoms with Crippen LogP contribution in [0.1, 0.15) is 0 Å². The maximum absolute atomic E-state index is 7.43. The quantitative estimate of drug-likeness (QED) is 0.394. The minimum Gasteiger partial charge on any atom is -0.425 e. The highest BCUT2D eigenvalue weighted by Crippen LogP contribution is 2.20. The summed E-state index contributed by atoms with van der Waals surface area (Å²) < 4.78 is 27.1. The third kappa shape index (κ3) is 4.03. The van der Waals surface area contributed by atoms with Gasteiger partial charge < -0.3 is 16.5 Å². The molecule has 1 fully saturated rings. The summed E-state index contributed by atoms with van der Waals surface area (Å²) in [4.78, 5) is 0. The zero-order valence-corrected chi connectivity index (χ0v) is 22.4. The Bertz CT molecular complexity index is 962. The van der Waals surface area contributed by atoms with E-state index in [0.717, 1.165) is 20.7 Å². The maximum atomic E-state index is 7.43. The Morgan fingerprint density at radius 1 is 0.406 bits per heavy atom. The molecule has 0 bridgehead atoms. The second kappa shape index (κ2) is 9.61. The van der Waals surface area contributed by atoms with Crippen molar-refractivity contribution in [3.63, 3.8) is 0 Å². The SMILES string of the molecule is c1ccc([Si]2(c3ccccc3)O[SiH2]O[SiH2]O[Si](c3ccccc3)(c3ccccc3)O2)cc1. The molecule has 1 saturated heterocycles. The summed E-state index contributed by atoms with van der Waals surface area (Å²) in [6.07, 6.45) is 0. The molecule has 1 heterocycles. The van der Waals surface area contributed by atoms with E-state index in [9.17, 15) is 0 Å². The molecule has 4 nitrogen and oxygen atoms in total. The van der Waals surface area contributed by atoms with Crippen molar-refractivity contribution in [2.75, 3.05) is 0 Å². The first-order valence-electron chi connectivity index (χ1n) is 10.6. The summed E-state index contributed by atoms with van der Waals surface area (Å²) in [6.45, 7) is 0. The van der Waals surface area contributed by atoms with Crippen LogP contribution >= 0.6 is 0 Å². The first-order chi connectivity index (χ1) is 15.8. The third-order valence-electron chi connectivity index (χ3n) is 5.59. The second-order valence-electron chi connectivity index (χ2n) is 7.53. The van der Waals surface area contributed by atoms with Crippen LogP contribution in [0.25, 0.3) is 0 Å². The molecule has 0 aromatic heterocycles. The van der Waals surface area contributed by atoms with Crippen molar-refractivity contribution in [1.82, 2.24) is 0 Å². The van der Waals surface area contributed by atoms with Gasteiger partial charge in [-0.15, -0.1) is 0 Å². The number of hydrogen-bond donors (Lipinski definition) is 0. The van der Waals surface area contributed by atoms with Gasteiger partial charge in [-0.3, -0.25) is 0 Å². The molecule has 0 aliphatic carbocycles. The highest BCUT2D eigenvalue weighted by Gasteiger charge is 2.55. The molecule has 1 aliphatic heterocycles. The molecule has 4 aromatic carbocycles.